The second-order valence-electron chi connectivity index (χ2n) is 7.42. The van der Waals surface area contributed by atoms with Crippen molar-refractivity contribution in [3.8, 4) is 0 Å². The minimum absolute atomic E-state index is 0.176. The Labute approximate surface area is 187 Å². The molecule has 0 atom stereocenters. The highest BCUT2D eigenvalue weighted by Gasteiger charge is 2.34. The van der Waals surface area contributed by atoms with Gasteiger partial charge in [0.15, 0.2) is 0 Å². The van der Waals surface area contributed by atoms with Crippen molar-refractivity contribution in [2.45, 2.75) is 12.8 Å². The average molecular weight is 443 g/mol. The van der Waals surface area contributed by atoms with E-state index in [9.17, 15) is 14.4 Å². The molecule has 1 aliphatic heterocycles. The first kappa shape index (κ1) is 20.0. The lowest BCUT2D eigenvalue weighted by Crippen LogP contribution is -2.31. The molecule has 8 heteroatoms. The van der Waals surface area contributed by atoms with E-state index in [-0.39, 0.29) is 30.7 Å². The van der Waals surface area contributed by atoms with E-state index in [1.54, 1.807) is 24.3 Å². The summed E-state index contributed by atoms with van der Waals surface area (Å²) in [6, 6.07) is 20.6. The van der Waals surface area contributed by atoms with E-state index in [1.807, 2.05) is 42.5 Å². The number of aromatic nitrogens is 2. The summed E-state index contributed by atoms with van der Waals surface area (Å²) in [5.41, 5.74) is 1.79. The number of amides is 3. The number of carbonyl (C=O) groups excluding carboxylic acids is 3. The number of hydrogen-bond acceptors (Lipinski definition) is 6. The molecular formula is C24H18N4O3S. The van der Waals surface area contributed by atoms with Gasteiger partial charge in [0.25, 0.3) is 11.8 Å². The van der Waals surface area contributed by atoms with Crippen molar-refractivity contribution in [1.29, 1.82) is 0 Å². The molecule has 4 aromatic rings. The highest BCUT2D eigenvalue weighted by Crippen LogP contribution is 2.24. The highest BCUT2D eigenvalue weighted by atomic mass is 32.1. The molecule has 0 saturated carbocycles. The molecule has 3 aromatic carbocycles. The SMILES string of the molecule is O=C(Cc1cccc2ccccc12)Nc1nnc(CCN2C(=O)c3ccccc3C2=O)s1. The molecule has 0 radical (unpaired) electrons. The molecule has 1 aromatic heterocycles. The smallest absolute Gasteiger partial charge is 0.261 e. The van der Waals surface area contributed by atoms with Gasteiger partial charge in [-0.2, -0.15) is 0 Å². The largest absolute Gasteiger partial charge is 0.300 e. The van der Waals surface area contributed by atoms with E-state index in [2.05, 4.69) is 15.5 Å². The number of nitrogens with one attached hydrogen (secondary N) is 1. The van der Waals surface area contributed by atoms with Crippen LogP contribution in [0, 0.1) is 0 Å². The van der Waals surface area contributed by atoms with Gasteiger partial charge in [0.1, 0.15) is 5.01 Å². The van der Waals surface area contributed by atoms with Gasteiger partial charge in [-0.3, -0.25) is 19.3 Å². The van der Waals surface area contributed by atoms with Gasteiger partial charge in [0.05, 0.1) is 17.5 Å². The number of hydrogen-bond donors (Lipinski definition) is 1. The number of imide groups is 1. The molecule has 0 spiro atoms. The van der Waals surface area contributed by atoms with E-state index >= 15 is 0 Å². The molecule has 0 saturated heterocycles. The lowest BCUT2D eigenvalue weighted by molar-refractivity contribution is -0.115. The van der Waals surface area contributed by atoms with Crippen LogP contribution in [0.25, 0.3) is 10.8 Å². The topological polar surface area (TPSA) is 92.3 Å². The maximum absolute atomic E-state index is 12.5. The number of nitrogens with zero attached hydrogens (tertiary/aromatic N) is 3. The summed E-state index contributed by atoms with van der Waals surface area (Å²) in [4.78, 5) is 38.7. The van der Waals surface area contributed by atoms with E-state index in [0.717, 1.165) is 16.3 Å². The third-order valence-electron chi connectivity index (χ3n) is 5.37. The van der Waals surface area contributed by atoms with Crippen LogP contribution in [0.2, 0.25) is 0 Å². The Hall–Kier alpha value is -3.91. The Bertz CT molecular complexity index is 1320. The summed E-state index contributed by atoms with van der Waals surface area (Å²) in [5, 5.41) is 14.1. The standard InChI is InChI=1S/C24H18N4O3S/c29-20(14-16-8-5-7-15-6-1-2-9-17(15)16)25-24-27-26-21(32-24)12-13-28-22(30)18-10-3-4-11-19(18)23(28)31/h1-11H,12-14H2,(H,25,27,29). The quantitative estimate of drug-likeness (QED) is 0.460. The van der Waals surface area contributed by atoms with E-state index in [1.165, 1.54) is 16.2 Å². The van der Waals surface area contributed by atoms with Crippen LogP contribution >= 0.6 is 11.3 Å². The molecule has 32 heavy (non-hydrogen) atoms. The predicted molar refractivity (Wildman–Crippen MR) is 122 cm³/mol. The molecule has 0 unspecified atom stereocenters. The highest BCUT2D eigenvalue weighted by molar-refractivity contribution is 7.15. The van der Waals surface area contributed by atoms with Crippen LogP contribution in [0.5, 0.6) is 0 Å². The fourth-order valence-corrected chi connectivity index (χ4v) is 4.58. The van der Waals surface area contributed by atoms with Crippen molar-refractivity contribution in [2.24, 2.45) is 0 Å². The molecular weight excluding hydrogens is 424 g/mol. The fourth-order valence-electron chi connectivity index (χ4n) is 3.84. The summed E-state index contributed by atoms with van der Waals surface area (Å²) in [6.45, 7) is 0.213. The number of fused-ring (bicyclic) bond motifs is 2. The third kappa shape index (κ3) is 3.76. The van der Waals surface area contributed by atoms with E-state index in [0.29, 0.717) is 27.7 Å². The molecule has 1 N–H and O–H groups in total. The molecule has 158 valence electrons. The molecule has 0 fully saturated rings. The van der Waals surface area contributed by atoms with Crippen LogP contribution in [0.15, 0.2) is 66.7 Å². The molecule has 7 nitrogen and oxygen atoms in total. The van der Waals surface area contributed by atoms with Crippen LogP contribution in [-0.4, -0.2) is 39.4 Å². The van der Waals surface area contributed by atoms with Crippen LogP contribution < -0.4 is 5.32 Å². The van der Waals surface area contributed by atoms with Gasteiger partial charge in [-0.1, -0.05) is 65.9 Å². The molecule has 5 rings (SSSR count). The Balaban J connectivity index is 1.21. The minimum Gasteiger partial charge on any atom is -0.300 e. The van der Waals surface area contributed by atoms with Gasteiger partial charge in [-0.15, -0.1) is 10.2 Å². The van der Waals surface area contributed by atoms with Gasteiger partial charge in [0.2, 0.25) is 11.0 Å². The zero-order chi connectivity index (χ0) is 22.1. The number of carbonyl (C=O) groups is 3. The molecule has 2 heterocycles. The van der Waals surface area contributed by atoms with Gasteiger partial charge < -0.3 is 5.32 Å². The minimum atomic E-state index is -0.293. The summed E-state index contributed by atoms with van der Waals surface area (Å²) in [6.07, 6.45) is 0.605. The summed E-state index contributed by atoms with van der Waals surface area (Å²) in [7, 11) is 0. The zero-order valence-electron chi connectivity index (χ0n) is 16.9. The maximum atomic E-state index is 12.5. The monoisotopic (exact) mass is 442 g/mol. The van der Waals surface area contributed by atoms with Crippen LogP contribution in [0.3, 0.4) is 0 Å². The normalized spacial score (nSPS) is 12.9. The summed E-state index contributed by atoms with van der Waals surface area (Å²) < 4.78 is 0. The maximum Gasteiger partial charge on any atom is 0.261 e. The number of benzene rings is 3. The van der Waals surface area contributed by atoms with E-state index in [4.69, 9.17) is 0 Å². The van der Waals surface area contributed by atoms with Crippen molar-refractivity contribution in [3.05, 3.63) is 88.4 Å². The van der Waals surface area contributed by atoms with E-state index < -0.39 is 0 Å². The van der Waals surface area contributed by atoms with Crippen molar-refractivity contribution >= 4 is 45.0 Å². The molecule has 0 bridgehead atoms. The number of rotatable bonds is 6. The first-order chi connectivity index (χ1) is 15.6. The molecule has 0 aliphatic carbocycles. The predicted octanol–water partition coefficient (Wildman–Crippen LogP) is 3.71. The second-order valence-corrected chi connectivity index (χ2v) is 8.48. The third-order valence-corrected chi connectivity index (χ3v) is 6.27. The zero-order valence-corrected chi connectivity index (χ0v) is 17.8. The van der Waals surface area contributed by atoms with Crippen molar-refractivity contribution in [3.63, 3.8) is 0 Å². The Morgan fingerprint density at radius 2 is 1.56 bits per heavy atom. The lowest BCUT2D eigenvalue weighted by Gasteiger charge is -2.12. The second kappa shape index (κ2) is 8.32. The van der Waals surface area contributed by atoms with Gasteiger partial charge in [-0.05, 0) is 28.5 Å². The summed E-state index contributed by atoms with van der Waals surface area (Å²) >= 11 is 1.24. The fraction of sp³-hybridized carbons (Fsp3) is 0.125. The lowest BCUT2D eigenvalue weighted by atomic mass is 10.0. The Kier molecular flexibility index (Phi) is 5.20. The van der Waals surface area contributed by atoms with Crippen LogP contribution in [0.1, 0.15) is 31.3 Å². The average Bonchev–Trinajstić information content (AvgIpc) is 3.35. The Morgan fingerprint density at radius 3 is 2.34 bits per heavy atom. The van der Waals surface area contributed by atoms with Crippen molar-refractivity contribution in [2.75, 3.05) is 11.9 Å². The first-order valence-corrected chi connectivity index (χ1v) is 11.0. The molecule has 1 aliphatic rings. The van der Waals surface area contributed by atoms with Crippen LogP contribution in [-0.2, 0) is 17.6 Å². The van der Waals surface area contributed by atoms with Gasteiger partial charge in [-0.25, -0.2) is 0 Å². The Morgan fingerprint density at radius 1 is 0.875 bits per heavy atom. The van der Waals surface area contributed by atoms with Crippen molar-refractivity contribution < 1.29 is 14.4 Å². The first-order valence-electron chi connectivity index (χ1n) is 10.1. The van der Waals surface area contributed by atoms with Gasteiger partial charge >= 0.3 is 0 Å². The van der Waals surface area contributed by atoms with Crippen LogP contribution in [0.4, 0.5) is 5.13 Å². The number of anilines is 1. The van der Waals surface area contributed by atoms with Crippen molar-refractivity contribution in [1.82, 2.24) is 15.1 Å². The summed E-state index contributed by atoms with van der Waals surface area (Å²) in [5.74, 6) is -0.762. The van der Waals surface area contributed by atoms with Gasteiger partial charge in [0, 0.05) is 13.0 Å². The molecule has 3 amide bonds.